The molecule has 1 heterocycles. The van der Waals surface area contributed by atoms with Gasteiger partial charge >= 0.3 is 17.9 Å². The monoisotopic (exact) mass is 780 g/mol. The van der Waals surface area contributed by atoms with Gasteiger partial charge in [-0.1, -0.05) is 182 Å². The Labute approximate surface area is 339 Å². The average molecular weight is 780 g/mol. The van der Waals surface area contributed by atoms with Crippen LogP contribution in [-0.4, -0.2) is 75.0 Å². The van der Waals surface area contributed by atoms with Gasteiger partial charge in [0.15, 0.2) is 12.2 Å². The molecule has 55 heavy (non-hydrogen) atoms. The summed E-state index contributed by atoms with van der Waals surface area (Å²) in [4.78, 5) is 42.7. The summed E-state index contributed by atoms with van der Waals surface area (Å²) >= 11 is 0. The van der Waals surface area contributed by atoms with Crippen LogP contribution in [0.2, 0.25) is 0 Å². The lowest BCUT2D eigenvalue weighted by molar-refractivity contribution is -0.173. The van der Waals surface area contributed by atoms with Crippen LogP contribution in [0.3, 0.4) is 0 Å². The molecule has 1 aliphatic heterocycles. The van der Waals surface area contributed by atoms with Crippen LogP contribution in [0, 0.1) is 11.8 Å². The molecule has 1 aliphatic rings. The molecule has 0 aliphatic carbocycles. The Morgan fingerprint density at radius 2 is 0.927 bits per heavy atom. The van der Waals surface area contributed by atoms with E-state index in [0.717, 1.165) is 83.6 Å². The molecule has 0 amide bonds. The molecule has 1 fully saturated rings. The molecule has 324 valence electrons. The van der Waals surface area contributed by atoms with E-state index in [1.807, 2.05) is 19.0 Å². The van der Waals surface area contributed by atoms with Crippen molar-refractivity contribution in [3.63, 3.8) is 0 Å². The van der Waals surface area contributed by atoms with E-state index in [1.54, 1.807) is 0 Å². The van der Waals surface area contributed by atoms with Crippen molar-refractivity contribution in [1.29, 1.82) is 0 Å². The molecule has 0 spiro atoms. The number of rotatable bonds is 38. The predicted octanol–water partition coefficient (Wildman–Crippen LogP) is 12.3. The number of esters is 3. The normalized spacial score (nSPS) is 17.1. The number of nitrogens with zero attached hydrogens (tertiary/aromatic N) is 1. The number of hydrogen-bond donors (Lipinski definition) is 0. The van der Waals surface area contributed by atoms with Gasteiger partial charge < -0.3 is 23.8 Å². The van der Waals surface area contributed by atoms with Gasteiger partial charge in [-0.2, -0.15) is 0 Å². The minimum absolute atomic E-state index is 0.0226. The summed E-state index contributed by atoms with van der Waals surface area (Å²) in [7, 11) is 3.96. The van der Waals surface area contributed by atoms with Crippen molar-refractivity contribution in [3.05, 3.63) is 0 Å². The zero-order chi connectivity index (χ0) is 40.4. The fourth-order valence-electron chi connectivity index (χ4n) is 7.75. The van der Waals surface area contributed by atoms with E-state index < -0.39 is 18.3 Å². The molecule has 0 radical (unpaired) electrons. The molecule has 8 heteroatoms. The molecule has 0 aromatic carbocycles. The van der Waals surface area contributed by atoms with Gasteiger partial charge in [0.1, 0.15) is 12.7 Å². The van der Waals surface area contributed by atoms with Crippen LogP contribution in [-0.2, 0) is 33.3 Å². The van der Waals surface area contributed by atoms with Crippen molar-refractivity contribution in [1.82, 2.24) is 4.90 Å². The van der Waals surface area contributed by atoms with E-state index in [-0.39, 0.29) is 43.0 Å². The Hall–Kier alpha value is -1.67. The summed E-state index contributed by atoms with van der Waals surface area (Å²) in [6.07, 6.45) is 30.3. The number of carbonyl (C=O) groups excluding carboxylic acids is 3. The van der Waals surface area contributed by atoms with Gasteiger partial charge in [-0.05, 0) is 52.7 Å². The predicted molar refractivity (Wildman–Crippen MR) is 227 cm³/mol. The van der Waals surface area contributed by atoms with Crippen LogP contribution < -0.4 is 0 Å². The summed E-state index contributed by atoms with van der Waals surface area (Å²) in [6.45, 7) is 9.83. The number of ether oxygens (including phenoxy) is 4. The molecule has 0 N–H and O–H groups in total. The largest absolute Gasteiger partial charge is 0.463 e. The Morgan fingerprint density at radius 1 is 0.545 bits per heavy atom. The molecule has 0 bridgehead atoms. The van der Waals surface area contributed by atoms with Gasteiger partial charge in [-0.25, -0.2) is 0 Å². The third kappa shape index (κ3) is 26.8. The minimum Gasteiger partial charge on any atom is -0.463 e. The van der Waals surface area contributed by atoms with E-state index in [2.05, 4.69) is 27.7 Å². The van der Waals surface area contributed by atoms with Gasteiger partial charge in [0.25, 0.3) is 0 Å². The van der Waals surface area contributed by atoms with Crippen LogP contribution in [0.4, 0.5) is 0 Å². The van der Waals surface area contributed by atoms with Crippen molar-refractivity contribution >= 4 is 17.9 Å². The number of unbranched alkanes of at least 4 members (excludes halogenated alkanes) is 20. The maximum atomic E-state index is 14.1. The third-order valence-electron chi connectivity index (χ3n) is 11.4. The zero-order valence-electron chi connectivity index (χ0n) is 37.0. The maximum absolute atomic E-state index is 14.1. The van der Waals surface area contributed by atoms with E-state index in [4.69, 9.17) is 18.9 Å². The van der Waals surface area contributed by atoms with Gasteiger partial charge in [0, 0.05) is 6.42 Å². The fourth-order valence-corrected chi connectivity index (χ4v) is 7.75. The highest BCUT2D eigenvalue weighted by molar-refractivity contribution is 5.74. The minimum atomic E-state index is -0.800. The second kappa shape index (κ2) is 35.5. The number of hydrogen-bond acceptors (Lipinski definition) is 8. The summed E-state index contributed by atoms with van der Waals surface area (Å²) in [5, 5.41) is 0. The highest BCUT2D eigenvalue weighted by Crippen LogP contribution is 2.29. The fraction of sp³-hybridized carbons (Fsp3) is 0.936. The second-order valence-electron chi connectivity index (χ2n) is 17.0. The third-order valence-corrected chi connectivity index (χ3v) is 11.4. The highest BCUT2D eigenvalue weighted by atomic mass is 16.6. The van der Waals surface area contributed by atoms with Crippen molar-refractivity contribution in [2.45, 2.75) is 239 Å². The summed E-state index contributed by atoms with van der Waals surface area (Å²) in [5.74, 6) is -1.09. The molecule has 3 atom stereocenters. The van der Waals surface area contributed by atoms with E-state index in [9.17, 15) is 14.4 Å². The summed E-state index contributed by atoms with van der Waals surface area (Å²) in [6, 6.07) is 0. The molecule has 1 saturated heterocycles. The lowest BCUT2D eigenvalue weighted by Crippen LogP contribution is -2.42. The van der Waals surface area contributed by atoms with Crippen LogP contribution in [0.15, 0.2) is 0 Å². The maximum Gasteiger partial charge on any atom is 0.309 e. The lowest BCUT2D eigenvalue weighted by Gasteiger charge is -2.27. The van der Waals surface area contributed by atoms with Crippen molar-refractivity contribution < 1.29 is 33.3 Å². The van der Waals surface area contributed by atoms with E-state index in [0.29, 0.717) is 12.8 Å². The molecule has 1 rings (SSSR count). The molecule has 0 aromatic heterocycles. The van der Waals surface area contributed by atoms with Crippen molar-refractivity contribution in [2.75, 3.05) is 33.9 Å². The molecule has 8 nitrogen and oxygen atoms in total. The van der Waals surface area contributed by atoms with Gasteiger partial charge in [0.05, 0.1) is 18.4 Å². The first kappa shape index (κ1) is 51.3. The Kier molecular flexibility index (Phi) is 33.1. The zero-order valence-corrected chi connectivity index (χ0v) is 37.0. The van der Waals surface area contributed by atoms with E-state index >= 15 is 0 Å². The smallest absolute Gasteiger partial charge is 0.309 e. The molecule has 0 saturated carbocycles. The lowest BCUT2D eigenvalue weighted by atomic mass is 9.93. The first-order chi connectivity index (χ1) is 26.8. The average Bonchev–Trinajstić information content (AvgIpc) is 3.53. The Bertz CT molecular complexity index is 895. The van der Waals surface area contributed by atoms with E-state index in [1.165, 1.54) is 103 Å². The Morgan fingerprint density at radius 3 is 1.33 bits per heavy atom. The summed E-state index contributed by atoms with van der Waals surface area (Å²) < 4.78 is 24.4. The van der Waals surface area contributed by atoms with Crippen molar-refractivity contribution in [3.8, 4) is 0 Å². The van der Waals surface area contributed by atoms with Crippen LogP contribution in [0.25, 0.3) is 0 Å². The SMILES string of the molecule is CCCCCCCCC(CCCCCCCC)C(=O)O[C@@H]1[C@@H](OC(=O)C(CCCCCCCC)CCCCCCCC)CO[C@@H]1COC(=O)CCCN(C)C. The van der Waals surface area contributed by atoms with Gasteiger partial charge in [-0.3, -0.25) is 14.4 Å². The number of carbonyl (C=O) groups is 3. The van der Waals surface area contributed by atoms with Gasteiger partial charge in [-0.15, -0.1) is 0 Å². The van der Waals surface area contributed by atoms with Gasteiger partial charge in [0.2, 0.25) is 0 Å². The molecule has 0 aromatic rings. The highest BCUT2D eigenvalue weighted by Gasteiger charge is 2.45. The second-order valence-corrected chi connectivity index (χ2v) is 17.0. The topological polar surface area (TPSA) is 91.4 Å². The van der Waals surface area contributed by atoms with Crippen LogP contribution in [0.1, 0.15) is 220 Å². The standard InChI is InChI=1S/C47H89NO7/c1-7-11-15-19-23-27-32-40(33-28-24-20-16-12-8-2)46(50)54-43-39-52-42(38-53-44(49)36-31-37-48(5)6)45(43)55-47(51)41(34-29-25-21-17-13-9-3)35-30-26-22-18-14-10-4/h40-43,45H,7-39H2,1-6H3/t42-,43+,45+/m1/s1. The van der Waals surface area contributed by atoms with Crippen LogP contribution >= 0.6 is 0 Å². The molecule has 0 unspecified atom stereocenters. The Balaban J connectivity index is 3.08. The molecular weight excluding hydrogens is 691 g/mol. The van der Waals surface area contributed by atoms with Crippen LogP contribution in [0.5, 0.6) is 0 Å². The first-order valence-corrected chi connectivity index (χ1v) is 23.6. The molecular formula is C47H89NO7. The quantitative estimate of drug-likeness (QED) is 0.0347. The van der Waals surface area contributed by atoms with Crippen molar-refractivity contribution in [2.24, 2.45) is 11.8 Å². The summed E-state index contributed by atoms with van der Waals surface area (Å²) in [5.41, 5.74) is 0. The first-order valence-electron chi connectivity index (χ1n) is 23.6.